The number of methoxy groups -OCH3 is 2. The van der Waals surface area contributed by atoms with Gasteiger partial charge in [0, 0.05) is 45.2 Å². The summed E-state index contributed by atoms with van der Waals surface area (Å²) < 4.78 is 12.6. The number of hydrogen-bond acceptors (Lipinski definition) is 4. The van der Waals surface area contributed by atoms with Crippen LogP contribution < -0.4 is 0 Å². The van der Waals surface area contributed by atoms with Crippen molar-refractivity contribution in [2.45, 2.75) is 45.4 Å². The summed E-state index contributed by atoms with van der Waals surface area (Å²) in [5.41, 5.74) is 4.09. The van der Waals surface area contributed by atoms with Crippen LogP contribution in [0.15, 0.2) is 29.6 Å². The van der Waals surface area contributed by atoms with Gasteiger partial charge >= 0.3 is 0 Å². The van der Waals surface area contributed by atoms with E-state index >= 15 is 0 Å². The third-order valence-electron chi connectivity index (χ3n) is 4.77. The fourth-order valence-electron chi connectivity index (χ4n) is 3.40. The van der Waals surface area contributed by atoms with E-state index < -0.39 is 0 Å². The maximum Gasteiger partial charge on any atom is 0.145 e. The number of benzene rings is 1. The SMILES string of the molecule is CCc1cccc(CC)c1CC(OC)C1N(CCOC)C=C(Cl)N1Cl. The molecule has 2 rings (SSSR count). The second-order valence-corrected chi connectivity index (χ2v) is 6.90. The van der Waals surface area contributed by atoms with Crippen molar-refractivity contribution in [1.29, 1.82) is 0 Å². The summed E-state index contributed by atoms with van der Waals surface area (Å²) in [4.78, 5) is 2.09. The number of aryl methyl sites for hydroxylation is 2. The van der Waals surface area contributed by atoms with Gasteiger partial charge in [-0.25, -0.2) is 4.42 Å². The largest absolute Gasteiger partial charge is 0.383 e. The molecule has 1 aliphatic heterocycles. The van der Waals surface area contributed by atoms with Gasteiger partial charge in [0.05, 0.1) is 6.61 Å². The van der Waals surface area contributed by atoms with Crippen molar-refractivity contribution in [3.63, 3.8) is 0 Å². The summed E-state index contributed by atoms with van der Waals surface area (Å²) in [5, 5.41) is 0.504. The van der Waals surface area contributed by atoms with Crippen LogP contribution >= 0.6 is 23.4 Å². The number of nitrogens with zero attached hydrogens (tertiary/aromatic N) is 2. The van der Waals surface area contributed by atoms with Gasteiger partial charge in [0.15, 0.2) is 0 Å². The van der Waals surface area contributed by atoms with Gasteiger partial charge in [-0.1, -0.05) is 43.6 Å². The predicted octanol–water partition coefficient (Wildman–Crippen LogP) is 4.15. The van der Waals surface area contributed by atoms with Gasteiger partial charge in [0.2, 0.25) is 0 Å². The number of rotatable bonds is 9. The van der Waals surface area contributed by atoms with E-state index in [9.17, 15) is 0 Å². The maximum atomic E-state index is 6.46. The van der Waals surface area contributed by atoms with E-state index in [-0.39, 0.29) is 12.3 Å². The zero-order valence-electron chi connectivity index (χ0n) is 15.5. The van der Waals surface area contributed by atoms with Gasteiger partial charge in [0.25, 0.3) is 0 Å². The van der Waals surface area contributed by atoms with Gasteiger partial charge in [-0.15, -0.1) is 0 Å². The summed E-state index contributed by atoms with van der Waals surface area (Å²) in [6, 6.07) is 6.53. The Morgan fingerprint density at radius 3 is 2.32 bits per heavy atom. The van der Waals surface area contributed by atoms with E-state index in [4.69, 9.17) is 32.9 Å². The van der Waals surface area contributed by atoms with E-state index in [2.05, 4.69) is 36.9 Å². The van der Waals surface area contributed by atoms with Crippen molar-refractivity contribution in [2.24, 2.45) is 0 Å². The second-order valence-electron chi connectivity index (χ2n) is 6.15. The topological polar surface area (TPSA) is 24.9 Å². The van der Waals surface area contributed by atoms with E-state index in [1.54, 1.807) is 18.6 Å². The van der Waals surface area contributed by atoms with Crippen LogP contribution in [0.1, 0.15) is 30.5 Å². The first-order valence-electron chi connectivity index (χ1n) is 8.76. The molecule has 0 aromatic heterocycles. The molecule has 0 radical (unpaired) electrons. The minimum absolute atomic E-state index is 0.111. The molecule has 4 nitrogen and oxygen atoms in total. The van der Waals surface area contributed by atoms with Crippen LogP contribution in [0.4, 0.5) is 0 Å². The fourth-order valence-corrected chi connectivity index (χ4v) is 3.91. The zero-order valence-corrected chi connectivity index (χ0v) is 17.0. The summed E-state index contributed by atoms with van der Waals surface area (Å²) in [7, 11) is 3.42. The van der Waals surface area contributed by atoms with Crippen LogP contribution in [0.2, 0.25) is 0 Å². The molecule has 1 heterocycles. The van der Waals surface area contributed by atoms with Crippen LogP contribution in [-0.2, 0) is 28.7 Å². The van der Waals surface area contributed by atoms with Gasteiger partial charge in [0.1, 0.15) is 17.4 Å². The van der Waals surface area contributed by atoms with E-state index in [0.717, 1.165) is 19.3 Å². The van der Waals surface area contributed by atoms with E-state index in [1.165, 1.54) is 16.7 Å². The third-order valence-corrected chi connectivity index (χ3v) is 5.52. The highest BCUT2D eigenvalue weighted by Gasteiger charge is 2.37. The van der Waals surface area contributed by atoms with Gasteiger partial charge in [-0.05, 0) is 29.5 Å². The molecule has 1 aliphatic rings. The summed E-state index contributed by atoms with van der Waals surface area (Å²) in [6.07, 6.45) is 4.38. The molecule has 0 spiro atoms. The lowest BCUT2D eigenvalue weighted by molar-refractivity contribution is -0.000496. The Kier molecular flexibility index (Phi) is 7.88. The highest BCUT2D eigenvalue weighted by molar-refractivity contribution is 6.33. The molecule has 25 heavy (non-hydrogen) atoms. The van der Waals surface area contributed by atoms with Gasteiger partial charge in [-0.3, -0.25) is 0 Å². The quantitative estimate of drug-likeness (QED) is 0.470. The molecule has 1 aromatic carbocycles. The van der Waals surface area contributed by atoms with E-state index in [0.29, 0.717) is 18.3 Å². The Balaban J connectivity index is 2.27. The zero-order chi connectivity index (χ0) is 18.4. The number of halogens is 2. The van der Waals surface area contributed by atoms with Crippen molar-refractivity contribution < 1.29 is 9.47 Å². The minimum Gasteiger partial charge on any atom is -0.383 e. The standard InChI is InChI=1S/C19H28Cl2N2O2/c1-5-14-8-7-9-15(6-2)16(14)12-17(25-4)19-22(10-11-24-3)13-18(20)23(19)21/h7-9,13,17,19H,5-6,10-12H2,1-4H3. The summed E-state index contributed by atoms with van der Waals surface area (Å²) in [5.74, 6) is 0. The van der Waals surface area contributed by atoms with Crippen LogP contribution in [-0.4, -0.2) is 49.0 Å². The van der Waals surface area contributed by atoms with Crippen LogP contribution in [0.3, 0.4) is 0 Å². The summed E-state index contributed by atoms with van der Waals surface area (Å²) in [6.45, 7) is 5.68. The van der Waals surface area contributed by atoms with Crippen molar-refractivity contribution in [1.82, 2.24) is 9.32 Å². The monoisotopic (exact) mass is 386 g/mol. The molecule has 0 fully saturated rings. The van der Waals surface area contributed by atoms with Crippen LogP contribution in [0.5, 0.6) is 0 Å². The molecule has 2 unspecified atom stereocenters. The molecule has 1 aromatic rings. The Morgan fingerprint density at radius 2 is 1.80 bits per heavy atom. The van der Waals surface area contributed by atoms with Crippen molar-refractivity contribution >= 4 is 23.4 Å². The maximum absolute atomic E-state index is 6.46. The first-order chi connectivity index (χ1) is 12.1. The lowest BCUT2D eigenvalue weighted by Crippen LogP contribution is -2.47. The van der Waals surface area contributed by atoms with Crippen molar-refractivity contribution in [3.05, 3.63) is 46.2 Å². The highest BCUT2D eigenvalue weighted by Crippen LogP contribution is 2.32. The predicted molar refractivity (Wildman–Crippen MR) is 104 cm³/mol. The molecule has 0 saturated heterocycles. The van der Waals surface area contributed by atoms with Crippen molar-refractivity contribution in [3.8, 4) is 0 Å². The van der Waals surface area contributed by atoms with Crippen molar-refractivity contribution in [2.75, 3.05) is 27.4 Å². The summed E-state index contributed by atoms with van der Waals surface area (Å²) >= 11 is 12.7. The molecule has 0 N–H and O–H groups in total. The Labute approximate surface area is 161 Å². The highest BCUT2D eigenvalue weighted by atomic mass is 35.5. The van der Waals surface area contributed by atoms with Crippen LogP contribution in [0, 0.1) is 0 Å². The molecule has 6 heteroatoms. The lowest BCUT2D eigenvalue weighted by atomic mass is 9.92. The molecule has 0 bridgehead atoms. The first-order valence-corrected chi connectivity index (χ1v) is 9.48. The Bertz CT molecular complexity index is 573. The lowest BCUT2D eigenvalue weighted by Gasteiger charge is -2.35. The van der Waals surface area contributed by atoms with E-state index in [1.807, 2.05) is 6.20 Å². The molecular weight excluding hydrogens is 359 g/mol. The molecular formula is C19H28Cl2N2O2. The molecule has 0 aliphatic carbocycles. The number of ether oxygens (including phenoxy) is 2. The van der Waals surface area contributed by atoms with Gasteiger partial charge < -0.3 is 14.4 Å². The Hall–Kier alpha value is -0.940. The normalized spacial score (nSPS) is 18.6. The average Bonchev–Trinajstić information content (AvgIpc) is 2.91. The average molecular weight is 387 g/mol. The molecule has 2 atom stereocenters. The second kappa shape index (κ2) is 9.67. The third kappa shape index (κ3) is 4.62. The first kappa shape index (κ1) is 20.4. The smallest absolute Gasteiger partial charge is 0.145 e. The molecule has 140 valence electrons. The Morgan fingerprint density at radius 1 is 1.16 bits per heavy atom. The number of hydrogen-bond donors (Lipinski definition) is 0. The fraction of sp³-hybridized carbons (Fsp3) is 0.579. The van der Waals surface area contributed by atoms with Gasteiger partial charge in [-0.2, -0.15) is 0 Å². The van der Waals surface area contributed by atoms with Crippen LogP contribution in [0.25, 0.3) is 0 Å². The molecule has 0 saturated carbocycles. The minimum atomic E-state index is -0.163. The molecule has 0 amide bonds.